The lowest BCUT2D eigenvalue weighted by molar-refractivity contribution is -0.142. The lowest BCUT2D eigenvalue weighted by Gasteiger charge is -2.08. The third-order valence-electron chi connectivity index (χ3n) is 1.64. The van der Waals surface area contributed by atoms with Gasteiger partial charge in [-0.2, -0.15) is 0 Å². The van der Waals surface area contributed by atoms with Crippen molar-refractivity contribution < 1.29 is 19.1 Å². The Balaban J connectivity index is 3.69. The molecule has 0 aliphatic rings. The molecule has 0 radical (unpaired) electrons. The molecule has 1 unspecified atom stereocenters. The lowest BCUT2D eigenvalue weighted by Crippen LogP contribution is -2.34. The molecule has 0 heterocycles. The monoisotopic (exact) mass is 215 g/mol. The first-order valence-corrected chi connectivity index (χ1v) is 4.76. The van der Waals surface area contributed by atoms with Crippen molar-refractivity contribution >= 4 is 11.9 Å². The molecule has 0 aromatic rings. The van der Waals surface area contributed by atoms with E-state index in [9.17, 15) is 9.59 Å². The zero-order valence-corrected chi connectivity index (χ0v) is 9.28. The third-order valence-corrected chi connectivity index (χ3v) is 1.64. The van der Waals surface area contributed by atoms with Crippen molar-refractivity contribution in [2.75, 3.05) is 20.3 Å². The van der Waals surface area contributed by atoms with E-state index in [4.69, 9.17) is 0 Å². The Morgan fingerprint density at radius 1 is 1.47 bits per heavy atom. The fraction of sp³-hybridized carbons (Fsp3) is 0.600. The Bertz CT molecular complexity index is 238. The van der Waals surface area contributed by atoms with Gasteiger partial charge in [0.05, 0.1) is 13.7 Å². The molecule has 5 nitrogen and oxygen atoms in total. The maximum Gasteiger partial charge on any atom is 0.330 e. The van der Waals surface area contributed by atoms with Crippen LogP contribution in [-0.4, -0.2) is 38.2 Å². The van der Waals surface area contributed by atoms with Crippen LogP contribution in [0, 0.1) is 0 Å². The normalized spacial score (nSPS) is 12.5. The number of hydrogen-bond donors (Lipinski definition) is 1. The van der Waals surface area contributed by atoms with Crippen molar-refractivity contribution in [3.8, 4) is 0 Å². The summed E-state index contributed by atoms with van der Waals surface area (Å²) in [6.07, 6.45) is 2.91. The van der Waals surface area contributed by atoms with Gasteiger partial charge >= 0.3 is 11.9 Å². The summed E-state index contributed by atoms with van der Waals surface area (Å²) in [4.78, 5) is 21.8. The molecule has 1 atom stereocenters. The van der Waals surface area contributed by atoms with Crippen LogP contribution in [0.5, 0.6) is 0 Å². The number of rotatable bonds is 6. The number of hydrogen-bond acceptors (Lipinski definition) is 5. The van der Waals surface area contributed by atoms with Gasteiger partial charge < -0.3 is 14.8 Å². The van der Waals surface area contributed by atoms with Gasteiger partial charge in [-0.3, -0.25) is 4.79 Å². The van der Waals surface area contributed by atoms with Gasteiger partial charge in [-0.1, -0.05) is 6.08 Å². The second-order valence-corrected chi connectivity index (χ2v) is 2.81. The molecule has 0 spiro atoms. The average molecular weight is 215 g/mol. The first-order valence-electron chi connectivity index (χ1n) is 4.76. The van der Waals surface area contributed by atoms with Crippen LogP contribution in [0.4, 0.5) is 0 Å². The van der Waals surface area contributed by atoms with Crippen molar-refractivity contribution in [3.63, 3.8) is 0 Å². The third kappa shape index (κ3) is 6.68. The molecule has 15 heavy (non-hydrogen) atoms. The van der Waals surface area contributed by atoms with Gasteiger partial charge in [0, 0.05) is 12.6 Å². The highest BCUT2D eigenvalue weighted by Gasteiger charge is 2.10. The molecule has 86 valence electrons. The van der Waals surface area contributed by atoms with E-state index >= 15 is 0 Å². The predicted molar refractivity (Wildman–Crippen MR) is 55.3 cm³/mol. The number of ether oxygens (including phenoxy) is 2. The zero-order valence-electron chi connectivity index (χ0n) is 9.28. The van der Waals surface area contributed by atoms with E-state index < -0.39 is 0 Å². The second kappa shape index (κ2) is 7.99. The van der Waals surface area contributed by atoms with Crippen molar-refractivity contribution in [2.24, 2.45) is 0 Å². The number of nitrogens with one attached hydrogen (secondary N) is 1. The molecule has 0 amide bonds. The minimum absolute atomic E-state index is 0.334. The molecule has 0 aromatic carbocycles. The molecule has 5 heteroatoms. The van der Waals surface area contributed by atoms with Crippen molar-refractivity contribution in [1.29, 1.82) is 0 Å². The van der Waals surface area contributed by atoms with Crippen LogP contribution in [0.25, 0.3) is 0 Å². The summed E-state index contributed by atoms with van der Waals surface area (Å²) in [6.45, 7) is 4.19. The smallest absolute Gasteiger partial charge is 0.330 e. The van der Waals surface area contributed by atoms with E-state index in [0.29, 0.717) is 13.2 Å². The van der Waals surface area contributed by atoms with Gasteiger partial charge in [0.1, 0.15) is 6.04 Å². The Labute approximate surface area is 89.4 Å². The molecular formula is C10H17NO4. The van der Waals surface area contributed by atoms with E-state index in [0.717, 1.165) is 0 Å². The van der Waals surface area contributed by atoms with E-state index in [1.807, 2.05) is 0 Å². The summed E-state index contributed by atoms with van der Waals surface area (Å²) >= 11 is 0. The van der Waals surface area contributed by atoms with E-state index in [-0.39, 0.29) is 18.0 Å². The predicted octanol–water partition coefficient (Wildman–Crippen LogP) is 0.257. The van der Waals surface area contributed by atoms with Gasteiger partial charge in [-0.25, -0.2) is 4.79 Å². The zero-order chi connectivity index (χ0) is 11.7. The van der Waals surface area contributed by atoms with Crippen molar-refractivity contribution in [3.05, 3.63) is 12.2 Å². The summed E-state index contributed by atoms with van der Waals surface area (Å²) in [5, 5.41) is 2.86. The number of methoxy groups -OCH3 is 1. The highest BCUT2D eigenvalue weighted by atomic mass is 16.5. The largest absolute Gasteiger partial charge is 0.468 e. The molecule has 0 rings (SSSR count). The van der Waals surface area contributed by atoms with E-state index in [2.05, 4.69) is 14.8 Å². The van der Waals surface area contributed by atoms with Crippen LogP contribution < -0.4 is 5.32 Å². The van der Waals surface area contributed by atoms with Gasteiger partial charge in [-0.05, 0) is 13.8 Å². The Morgan fingerprint density at radius 3 is 2.67 bits per heavy atom. The Morgan fingerprint density at radius 2 is 2.13 bits per heavy atom. The molecule has 0 saturated heterocycles. The fourth-order valence-electron chi connectivity index (χ4n) is 0.850. The number of carbonyl (C=O) groups is 2. The minimum Gasteiger partial charge on any atom is -0.468 e. The maximum absolute atomic E-state index is 10.9. The van der Waals surface area contributed by atoms with Gasteiger partial charge in [0.15, 0.2) is 0 Å². The summed E-state index contributed by atoms with van der Waals surface area (Å²) in [7, 11) is 1.33. The summed E-state index contributed by atoms with van der Waals surface area (Å²) in [5.74, 6) is -0.718. The van der Waals surface area contributed by atoms with Crippen LogP contribution in [0.15, 0.2) is 12.2 Å². The molecule has 0 aliphatic carbocycles. The Hall–Kier alpha value is -1.36. The molecule has 0 bridgehead atoms. The van der Waals surface area contributed by atoms with Crippen LogP contribution in [-0.2, 0) is 19.1 Å². The molecule has 0 fully saturated rings. The molecule has 1 N–H and O–H groups in total. The van der Waals surface area contributed by atoms with Gasteiger partial charge in [0.2, 0.25) is 0 Å². The van der Waals surface area contributed by atoms with Crippen LogP contribution in [0.3, 0.4) is 0 Å². The maximum atomic E-state index is 10.9. The van der Waals surface area contributed by atoms with Crippen LogP contribution in [0.1, 0.15) is 13.8 Å². The van der Waals surface area contributed by atoms with Crippen LogP contribution >= 0.6 is 0 Å². The SMILES string of the molecule is CCOC(=O)/C=C/CNC(C)C(=O)OC. The van der Waals surface area contributed by atoms with Gasteiger partial charge in [0.25, 0.3) is 0 Å². The first kappa shape index (κ1) is 13.6. The summed E-state index contributed by atoms with van der Waals surface area (Å²) in [6, 6.07) is -0.387. The second-order valence-electron chi connectivity index (χ2n) is 2.81. The number of carbonyl (C=O) groups excluding carboxylic acids is 2. The molecule has 0 aliphatic heterocycles. The summed E-state index contributed by atoms with van der Waals surface area (Å²) in [5.41, 5.74) is 0. The van der Waals surface area contributed by atoms with Crippen molar-refractivity contribution in [1.82, 2.24) is 5.32 Å². The molecular weight excluding hydrogens is 198 g/mol. The highest BCUT2D eigenvalue weighted by Crippen LogP contribution is 1.86. The number of esters is 2. The Kier molecular flexibility index (Phi) is 7.27. The molecule has 0 saturated carbocycles. The average Bonchev–Trinajstić information content (AvgIpc) is 2.23. The van der Waals surface area contributed by atoms with Crippen molar-refractivity contribution in [2.45, 2.75) is 19.9 Å². The minimum atomic E-state index is -0.387. The van der Waals surface area contributed by atoms with E-state index in [1.54, 1.807) is 19.9 Å². The summed E-state index contributed by atoms with van der Waals surface area (Å²) < 4.78 is 9.18. The quantitative estimate of drug-likeness (QED) is 0.508. The first-order chi connectivity index (χ1) is 7.11. The van der Waals surface area contributed by atoms with E-state index in [1.165, 1.54) is 13.2 Å². The molecule has 0 aromatic heterocycles. The fourth-order valence-corrected chi connectivity index (χ4v) is 0.850. The lowest BCUT2D eigenvalue weighted by atomic mass is 10.3. The standard InChI is InChI=1S/C10H17NO4/c1-4-15-9(12)6-5-7-11-8(2)10(13)14-3/h5-6,8,11H,4,7H2,1-3H3/b6-5+. The van der Waals surface area contributed by atoms with Crippen LogP contribution in [0.2, 0.25) is 0 Å². The van der Waals surface area contributed by atoms with Gasteiger partial charge in [-0.15, -0.1) is 0 Å². The topological polar surface area (TPSA) is 64.6 Å². The highest BCUT2D eigenvalue weighted by molar-refractivity contribution is 5.81.